The Morgan fingerprint density at radius 2 is 1.25 bits per heavy atom. The van der Waals surface area contributed by atoms with Crippen molar-refractivity contribution in [3.8, 4) is 0 Å². The summed E-state index contributed by atoms with van der Waals surface area (Å²) in [5.74, 6) is -1.09. The molecule has 0 heterocycles. The molecular formula is C32H38N4O4. The molecule has 0 aliphatic rings. The number of amides is 1. The number of ether oxygens (including phenoxy) is 1. The van der Waals surface area contributed by atoms with Crippen LogP contribution in [0.15, 0.2) is 103 Å². The predicted molar refractivity (Wildman–Crippen MR) is 157 cm³/mol. The second kappa shape index (κ2) is 12.6. The van der Waals surface area contributed by atoms with Gasteiger partial charge in [-0.3, -0.25) is 15.5 Å². The van der Waals surface area contributed by atoms with Gasteiger partial charge in [-0.25, -0.2) is 4.79 Å². The van der Waals surface area contributed by atoms with Crippen LogP contribution in [0.2, 0.25) is 0 Å². The van der Waals surface area contributed by atoms with E-state index < -0.39 is 34.9 Å². The van der Waals surface area contributed by atoms with Crippen LogP contribution in [-0.2, 0) is 15.1 Å². The molecule has 0 aromatic heterocycles. The molecule has 3 aromatic carbocycles. The Balaban J connectivity index is 2.18. The van der Waals surface area contributed by atoms with Crippen molar-refractivity contribution < 1.29 is 19.4 Å². The van der Waals surface area contributed by atoms with E-state index in [9.17, 15) is 14.7 Å². The van der Waals surface area contributed by atoms with Gasteiger partial charge in [0.25, 0.3) is 0 Å². The summed E-state index contributed by atoms with van der Waals surface area (Å²) in [6, 6.07) is 29.6. The van der Waals surface area contributed by atoms with Crippen molar-refractivity contribution in [1.29, 1.82) is 5.41 Å². The number of nitrogens with zero attached hydrogens (tertiary/aromatic N) is 1. The maximum atomic E-state index is 12.7. The number of hydrogen-bond acceptors (Lipinski definition) is 5. The maximum absolute atomic E-state index is 12.7. The molecule has 0 bridgehead atoms. The highest BCUT2D eigenvalue weighted by atomic mass is 16.6. The summed E-state index contributed by atoms with van der Waals surface area (Å²) in [6.45, 7) is 8.25. The van der Waals surface area contributed by atoms with Gasteiger partial charge in [-0.1, -0.05) is 91.0 Å². The van der Waals surface area contributed by atoms with Crippen molar-refractivity contribution in [3.63, 3.8) is 0 Å². The van der Waals surface area contributed by atoms with Crippen molar-refractivity contribution in [2.75, 3.05) is 0 Å². The van der Waals surface area contributed by atoms with Crippen molar-refractivity contribution in [2.45, 2.75) is 57.5 Å². The fourth-order valence-electron chi connectivity index (χ4n) is 4.43. The van der Waals surface area contributed by atoms with Gasteiger partial charge in [0.2, 0.25) is 0 Å². The lowest BCUT2D eigenvalue weighted by Crippen LogP contribution is -2.57. The third-order valence-corrected chi connectivity index (χ3v) is 6.26. The normalized spacial score (nSPS) is 12.9. The minimum Gasteiger partial charge on any atom is -0.480 e. The van der Waals surface area contributed by atoms with E-state index in [0.29, 0.717) is 0 Å². The maximum Gasteiger partial charge on any atom is 0.409 e. The van der Waals surface area contributed by atoms with Gasteiger partial charge in [0.1, 0.15) is 22.8 Å². The first-order valence-corrected chi connectivity index (χ1v) is 13.0. The number of carboxylic acid groups (broad SMARTS) is 1. The molecule has 0 fully saturated rings. The number of carbonyl (C=O) groups excluding carboxylic acids is 1. The molecule has 0 saturated carbocycles. The number of carboxylic acids is 1. The first kappa shape index (κ1) is 30.1. The summed E-state index contributed by atoms with van der Waals surface area (Å²) in [4.78, 5) is 26.3. The van der Waals surface area contributed by atoms with E-state index in [2.05, 4.69) is 10.6 Å². The highest BCUT2D eigenvalue weighted by Crippen LogP contribution is 2.42. The van der Waals surface area contributed by atoms with Crippen LogP contribution in [0.1, 0.15) is 51.3 Å². The van der Waals surface area contributed by atoms with Crippen molar-refractivity contribution in [1.82, 2.24) is 15.5 Å². The Bertz CT molecular complexity index is 1210. The molecule has 0 aliphatic heterocycles. The Hall–Kier alpha value is -4.43. The van der Waals surface area contributed by atoms with Gasteiger partial charge in [-0.15, -0.1) is 0 Å². The molecular weight excluding hydrogens is 504 g/mol. The fourth-order valence-corrected chi connectivity index (χ4v) is 4.43. The summed E-state index contributed by atoms with van der Waals surface area (Å²) in [5, 5.41) is 23.9. The Kier molecular flexibility index (Phi) is 9.50. The van der Waals surface area contributed by atoms with Crippen molar-refractivity contribution >= 4 is 18.4 Å². The zero-order chi connectivity index (χ0) is 29.4. The van der Waals surface area contributed by atoms with Crippen LogP contribution < -0.4 is 10.6 Å². The number of benzene rings is 3. The summed E-state index contributed by atoms with van der Waals surface area (Å²) in [7, 11) is 0. The number of hydrogen-bond donors (Lipinski definition) is 4. The quantitative estimate of drug-likeness (QED) is 0.107. The van der Waals surface area contributed by atoms with Crippen LogP contribution in [0.25, 0.3) is 0 Å². The topological polar surface area (TPSA) is 115 Å². The average molecular weight is 543 g/mol. The third kappa shape index (κ3) is 7.15. The molecule has 0 aliphatic carbocycles. The highest BCUT2D eigenvalue weighted by molar-refractivity contribution is 5.78. The van der Waals surface area contributed by atoms with E-state index in [1.165, 1.54) is 20.2 Å². The summed E-state index contributed by atoms with van der Waals surface area (Å²) in [5.41, 5.74) is -0.344. The molecule has 3 rings (SSSR count). The molecule has 0 radical (unpaired) electrons. The lowest BCUT2D eigenvalue weighted by atomic mass is 9.76. The van der Waals surface area contributed by atoms with E-state index in [0.717, 1.165) is 16.7 Å². The first-order chi connectivity index (χ1) is 18.9. The second-order valence-electron chi connectivity index (χ2n) is 10.9. The number of alkyl carbamates (subject to hydrolysis) is 1. The van der Waals surface area contributed by atoms with Gasteiger partial charge < -0.3 is 20.1 Å². The van der Waals surface area contributed by atoms with Gasteiger partial charge in [-0.05, 0) is 57.4 Å². The zero-order valence-corrected chi connectivity index (χ0v) is 23.6. The van der Waals surface area contributed by atoms with Crippen LogP contribution >= 0.6 is 0 Å². The minimum absolute atomic E-state index is 0.710. The zero-order valence-electron chi connectivity index (χ0n) is 23.6. The molecule has 0 spiro atoms. The van der Waals surface area contributed by atoms with E-state index in [4.69, 9.17) is 10.1 Å². The molecule has 8 nitrogen and oxygen atoms in total. The molecule has 1 unspecified atom stereocenters. The number of aliphatic carboxylic acids is 1. The van der Waals surface area contributed by atoms with E-state index in [1.807, 2.05) is 91.0 Å². The largest absolute Gasteiger partial charge is 0.480 e. The molecule has 1 amide bonds. The van der Waals surface area contributed by atoms with E-state index in [1.54, 1.807) is 37.9 Å². The molecule has 3 aromatic rings. The Labute approximate surface area is 236 Å². The minimum atomic E-state index is -1.38. The molecule has 210 valence electrons. The standard InChI is InChI=1S/C32H38N4O4/c1-30(2,3)40-29(39)34-27(35-31(4,5)28(37)38)21-22-36(23-33)32(24-15-9-6-10-16-24,25-17-11-7-12-18-25)26-19-13-8-14-20-26/h6-23,27,33,35H,1-5H3,(H,34,39)(H,37,38)/b22-21+,33-23?. The van der Waals surface area contributed by atoms with Crippen LogP contribution in [0.5, 0.6) is 0 Å². The number of carbonyl (C=O) groups is 2. The van der Waals surface area contributed by atoms with Crippen LogP contribution in [0, 0.1) is 5.41 Å². The van der Waals surface area contributed by atoms with E-state index in [-0.39, 0.29) is 0 Å². The smallest absolute Gasteiger partial charge is 0.409 e. The summed E-state index contributed by atoms with van der Waals surface area (Å²) < 4.78 is 5.42. The highest BCUT2D eigenvalue weighted by Gasteiger charge is 2.40. The lowest BCUT2D eigenvalue weighted by Gasteiger charge is -2.43. The van der Waals surface area contributed by atoms with Gasteiger partial charge in [0.15, 0.2) is 0 Å². The number of nitrogens with one attached hydrogen (secondary N) is 3. The van der Waals surface area contributed by atoms with Crippen LogP contribution in [0.3, 0.4) is 0 Å². The fraction of sp³-hybridized carbons (Fsp3) is 0.281. The SMILES string of the molecule is CC(C)(C)OC(=O)NC(/C=C/N(C=N)C(c1ccccc1)(c1ccccc1)c1ccccc1)NC(C)(C)C(=O)O. The summed E-state index contributed by atoms with van der Waals surface area (Å²) >= 11 is 0. The molecule has 8 heteroatoms. The monoisotopic (exact) mass is 542 g/mol. The van der Waals surface area contributed by atoms with Crippen molar-refractivity contribution in [2.24, 2.45) is 0 Å². The lowest BCUT2D eigenvalue weighted by molar-refractivity contribution is -0.143. The van der Waals surface area contributed by atoms with Crippen LogP contribution in [0.4, 0.5) is 4.79 Å². The van der Waals surface area contributed by atoms with Crippen LogP contribution in [-0.4, -0.2) is 45.7 Å². The molecule has 1 atom stereocenters. The molecule has 40 heavy (non-hydrogen) atoms. The Morgan fingerprint density at radius 1 is 0.825 bits per heavy atom. The van der Waals surface area contributed by atoms with Gasteiger partial charge in [0.05, 0.1) is 6.34 Å². The average Bonchev–Trinajstić information content (AvgIpc) is 2.91. The van der Waals surface area contributed by atoms with E-state index >= 15 is 0 Å². The second-order valence-corrected chi connectivity index (χ2v) is 10.9. The molecule has 0 saturated heterocycles. The summed E-state index contributed by atoms with van der Waals surface area (Å²) in [6.07, 6.45) is 2.85. The van der Waals surface area contributed by atoms with Crippen molar-refractivity contribution in [3.05, 3.63) is 120 Å². The van der Waals surface area contributed by atoms with Gasteiger partial charge >= 0.3 is 12.1 Å². The predicted octanol–water partition coefficient (Wildman–Crippen LogP) is 5.70. The van der Waals surface area contributed by atoms with Gasteiger partial charge in [0, 0.05) is 6.20 Å². The third-order valence-electron chi connectivity index (χ3n) is 6.26. The Morgan fingerprint density at radius 3 is 1.60 bits per heavy atom. The number of rotatable bonds is 11. The first-order valence-electron chi connectivity index (χ1n) is 13.0. The molecule has 4 N–H and O–H groups in total. The van der Waals surface area contributed by atoms with Gasteiger partial charge in [-0.2, -0.15) is 0 Å².